The maximum atomic E-state index is 13.0. The Labute approximate surface area is 174 Å². The summed E-state index contributed by atoms with van der Waals surface area (Å²) in [6, 6.07) is 3.50. The maximum Gasteiger partial charge on any atom is 0.416 e. The number of aryl methyl sites for hydroxylation is 4. The molecule has 0 saturated heterocycles. The zero-order valence-corrected chi connectivity index (χ0v) is 17.4. The molecule has 0 N–H and O–H groups in total. The molecule has 3 heterocycles. The molecular formula is C21H20F3N3O2S. The molecule has 1 aromatic carbocycles. The van der Waals surface area contributed by atoms with E-state index in [0.717, 1.165) is 22.6 Å². The van der Waals surface area contributed by atoms with E-state index >= 15 is 0 Å². The fourth-order valence-corrected chi connectivity index (χ4v) is 4.80. The van der Waals surface area contributed by atoms with Crippen LogP contribution in [0.4, 0.5) is 18.9 Å². The highest BCUT2D eigenvalue weighted by atomic mass is 32.1. The van der Waals surface area contributed by atoms with Crippen LogP contribution < -0.4 is 10.5 Å². The summed E-state index contributed by atoms with van der Waals surface area (Å²) in [4.78, 5) is 33.2. The highest BCUT2D eigenvalue weighted by Crippen LogP contribution is 2.35. The smallest absolute Gasteiger partial charge is 0.312 e. The van der Waals surface area contributed by atoms with Gasteiger partial charge in [0.2, 0.25) is 5.91 Å². The van der Waals surface area contributed by atoms with E-state index in [4.69, 9.17) is 0 Å². The molecule has 0 radical (unpaired) electrons. The fraction of sp³-hybridized carbons (Fsp3) is 0.381. The van der Waals surface area contributed by atoms with Gasteiger partial charge in [-0.25, -0.2) is 4.98 Å². The van der Waals surface area contributed by atoms with Crippen LogP contribution in [0.15, 0.2) is 29.3 Å². The fourth-order valence-electron chi connectivity index (χ4n) is 3.81. The van der Waals surface area contributed by atoms with Crippen molar-refractivity contribution in [2.75, 3.05) is 11.4 Å². The Morgan fingerprint density at radius 2 is 2.03 bits per heavy atom. The van der Waals surface area contributed by atoms with Crippen molar-refractivity contribution in [3.8, 4) is 0 Å². The molecule has 0 bridgehead atoms. The molecule has 5 nitrogen and oxygen atoms in total. The normalized spacial score (nSPS) is 14.2. The average molecular weight is 435 g/mol. The number of carbonyl (C=O) groups excluding carboxylic acids is 1. The molecule has 3 aromatic rings. The number of anilines is 1. The highest BCUT2D eigenvalue weighted by molar-refractivity contribution is 7.18. The monoisotopic (exact) mass is 435 g/mol. The van der Waals surface area contributed by atoms with Gasteiger partial charge in [0.15, 0.2) is 0 Å². The van der Waals surface area contributed by atoms with Crippen molar-refractivity contribution < 1.29 is 18.0 Å². The first-order chi connectivity index (χ1) is 14.2. The lowest BCUT2D eigenvalue weighted by molar-refractivity contribution is -0.137. The van der Waals surface area contributed by atoms with E-state index in [2.05, 4.69) is 4.98 Å². The second kappa shape index (κ2) is 7.54. The third-order valence-corrected chi connectivity index (χ3v) is 6.66. The molecule has 1 aliphatic heterocycles. The van der Waals surface area contributed by atoms with E-state index in [1.54, 1.807) is 0 Å². The van der Waals surface area contributed by atoms with Crippen molar-refractivity contribution in [3.05, 3.63) is 56.4 Å². The molecule has 1 amide bonds. The first-order valence-corrected chi connectivity index (χ1v) is 10.4. The van der Waals surface area contributed by atoms with Crippen LogP contribution in [0.2, 0.25) is 0 Å². The molecule has 0 saturated carbocycles. The zero-order valence-electron chi connectivity index (χ0n) is 16.5. The molecule has 0 spiro atoms. The molecule has 9 heteroatoms. The number of hydrogen-bond donors (Lipinski definition) is 0. The molecule has 0 unspecified atom stereocenters. The van der Waals surface area contributed by atoms with Gasteiger partial charge in [0.1, 0.15) is 4.83 Å². The van der Waals surface area contributed by atoms with E-state index in [9.17, 15) is 22.8 Å². The van der Waals surface area contributed by atoms with Crippen LogP contribution in [0.3, 0.4) is 0 Å². The number of benzene rings is 1. The second-order valence-electron chi connectivity index (χ2n) is 7.45. The highest BCUT2D eigenvalue weighted by Gasteiger charge is 2.32. The summed E-state index contributed by atoms with van der Waals surface area (Å²) < 4.78 is 40.4. The summed E-state index contributed by atoms with van der Waals surface area (Å²) in [5.41, 5.74) is 1.06. The average Bonchev–Trinajstić information content (AvgIpc) is 3.00. The summed E-state index contributed by atoms with van der Waals surface area (Å²) in [6.45, 7) is 4.44. The van der Waals surface area contributed by atoms with Crippen molar-refractivity contribution in [2.45, 2.75) is 45.8 Å². The van der Waals surface area contributed by atoms with Crippen molar-refractivity contribution in [3.63, 3.8) is 0 Å². The number of alkyl halides is 3. The van der Waals surface area contributed by atoms with E-state index < -0.39 is 11.7 Å². The molecule has 0 fully saturated rings. The van der Waals surface area contributed by atoms with Crippen molar-refractivity contribution in [1.29, 1.82) is 0 Å². The van der Waals surface area contributed by atoms with Crippen molar-refractivity contribution >= 4 is 33.1 Å². The van der Waals surface area contributed by atoms with Gasteiger partial charge in [-0.05, 0) is 56.0 Å². The van der Waals surface area contributed by atoms with Crippen LogP contribution >= 0.6 is 11.3 Å². The van der Waals surface area contributed by atoms with Gasteiger partial charge in [0.05, 0.1) is 17.3 Å². The van der Waals surface area contributed by atoms with Gasteiger partial charge < -0.3 is 4.90 Å². The second-order valence-corrected chi connectivity index (χ2v) is 8.65. The Hall–Kier alpha value is -2.68. The van der Waals surface area contributed by atoms with Gasteiger partial charge in [-0.15, -0.1) is 11.3 Å². The lowest BCUT2D eigenvalue weighted by Gasteiger charge is -2.30. The number of rotatable bonds is 3. The van der Waals surface area contributed by atoms with Crippen LogP contribution in [0.5, 0.6) is 0 Å². The standard InChI is InChI=1S/C21H20F3N3O2S/c1-12-13(2)30-19-18(12)20(29)26(11-25-19)9-7-17(28)27-8-3-4-14-10-15(21(22,23)24)5-6-16(14)27/h5-6,10-11H,3-4,7-9H2,1-2H3. The van der Waals surface area contributed by atoms with Crippen LogP contribution in [-0.2, 0) is 23.9 Å². The molecule has 2 aromatic heterocycles. The predicted octanol–water partition coefficient (Wildman–Crippen LogP) is 4.46. The quantitative estimate of drug-likeness (QED) is 0.610. The topological polar surface area (TPSA) is 55.2 Å². The largest absolute Gasteiger partial charge is 0.416 e. The summed E-state index contributed by atoms with van der Waals surface area (Å²) in [5.74, 6) is -0.221. The van der Waals surface area contributed by atoms with Gasteiger partial charge in [-0.2, -0.15) is 13.2 Å². The van der Waals surface area contributed by atoms with E-state index in [-0.39, 0.29) is 24.4 Å². The molecule has 0 atom stereocenters. The summed E-state index contributed by atoms with van der Waals surface area (Å²) in [5, 5.41) is 0.579. The Morgan fingerprint density at radius 1 is 1.27 bits per heavy atom. The molecule has 0 aliphatic carbocycles. The third-order valence-electron chi connectivity index (χ3n) is 5.55. The van der Waals surface area contributed by atoms with Crippen molar-refractivity contribution in [1.82, 2.24) is 9.55 Å². The minimum Gasteiger partial charge on any atom is -0.312 e. The predicted molar refractivity (Wildman–Crippen MR) is 110 cm³/mol. The van der Waals surface area contributed by atoms with Crippen LogP contribution in [0.1, 0.15) is 34.4 Å². The Bertz CT molecular complexity index is 1200. The zero-order chi connectivity index (χ0) is 21.6. The van der Waals surface area contributed by atoms with Crippen LogP contribution in [-0.4, -0.2) is 22.0 Å². The summed E-state index contributed by atoms with van der Waals surface area (Å²) in [7, 11) is 0. The van der Waals surface area contributed by atoms with Gasteiger partial charge in [-0.1, -0.05) is 0 Å². The summed E-state index contributed by atoms with van der Waals surface area (Å²) in [6.07, 6.45) is -1.80. The molecule has 158 valence electrons. The van der Waals surface area contributed by atoms with E-state index in [0.29, 0.717) is 40.9 Å². The number of aromatic nitrogens is 2. The maximum absolute atomic E-state index is 13.0. The molecule has 1 aliphatic rings. The minimum absolute atomic E-state index is 0.0652. The number of carbonyl (C=O) groups is 1. The van der Waals surface area contributed by atoms with E-state index in [1.165, 1.54) is 33.2 Å². The SMILES string of the molecule is Cc1sc2ncn(CCC(=O)N3CCCc4cc(C(F)(F)F)ccc43)c(=O)c2c1C. The molecule has 30 heavy (non-hydrogen) atoms. The lowest BCUT2D eigenvalue weighted by atomic mass is 9.98. The van der Waals surface area contributed by atoms with Crippen LogP contribution in [0.25, 0.3) is 10.2 Å². The number of halogens is 3. The summed E-state index contributed by atoms with van der Waals surface area (Å²) >= 11 is 1.46. The van der Waals surface area contributed by atoms with Gasteiger partial charge >= 0.3 is 6.18 Å². The van der Waals surface area contributed by atoms with Gasteiger partial charge in [-0.3, -0.25) is 14.2 Å². The van der Waals surface area contributed by atoms with Gasteiger partial charge in [0, 0.05) is 30.1 Å². The Balaban J connectivity index is 1.55. The first-order valence-electron chi connectivity index (χ1n) is 9.62. The minimum atomic E-state index is -4.41. The van der Waals surface area contributed by atoms with Crippen LogP contribution in [0, 0.1) is 13.8 Å². The number of amides is 1. The number of nitrogens with zero attached hydrogens (tertiary/aromatic N) is 3. The molecule has 4 rings (SSSR count). The number of hydrogen-bond acceptors (Lipinski definition) is 4. The number of fused-ring (bicyclic) bond motifs is 2. The number of thiophene rings is 1. The lowest BCUT2D eigenvalue weighted by Crippen LogP contribution is -2.36. The first kappa shape index (κ1) is 20.6. The Kier molecular flexibility index (Phi) is 5.17. The Morgan fingerprint density at radius 3 is 2.77 bits per heavy atom. The molecular weight excluding hydrogens is 415 g/mol. The van der Waals surface area contributed by atoms with Gasteiger partial charge in [0.25, 0.3) is 5.56 Å². The van der Waals surface area contributed by atoms with Crippen molar-refractivity contribution in [2.24, 2.45) is 0 Å². The van der Waals surface area contributed by atoms with E-state index in [1.807, 2.05) is 13.8 Å². The third kappa shape index (κ3) is 3.62.